The highest BCUT2D eigenvalue weighted by Gasteiger charge is 2.53. The van der Waals surface area contributed by atoms with Gasteiger partial charge >= 0.3 is 0 Å². The zero-order chi connectivity index (χ0) is 11.2. The third-order valence-electron chi connectivity index (χ3n) is 4.13. The number of carbonyl (C=O) groups excluding carboxylic acids is 1. The molecule has 2 rings (SSSR count). The first-order chi connectivity index (χ1) is 6.98. The fourth-order valence-corrected chi connectivity index (χ4v) is 2.69. The first kappa shape index (κ1) is 10.9. The SMILES string of the molecule is CNC1CCN(C2CC(O)C2(C)C)C1=O. The molecule has 86 valence electrons. The van der Waals surface area contributed by atoms with Gasteiger partial charge in [-0.2, -0.15) is 0 Å². The van der Waals surface area contributed by atoms with E-state index < -0.39 is 0 Å². The van der Waals surface area contributed by atoms with Gasteiger partial charge in [0.25, 0.3) is 0 Å². The van der Waals surface area contributed by atoms with Crippen molar-refractivity contribution in [1.82, 2.24) is 10.2 Å². The predicted octanol–water partition coefficient (Wildman–Crippen LogP) is -0.0339. The molecule has 1 aliphatic heterocycles. The second kappa shape index (κ2) is 3.46. The molecule has 0 aromatic carbocycles. The fourth-order valence-electron chi connectivity index (χ4n) is 2.69. The van der Waals surface area contributed by atoms with Crippen LogP contribution in [0.5, 0.6) is 0 Å². The first-order valence-corrected chi connectivity index (χ1v) is 5.64. The lowest BCUT2D eigenvalue weighted by Gasteiger charge is -2.53. The van der Waals surface area contributed by atoms with Gasteiger partial charge in [0.15, 0.2) is 0 Å². The van der Waals surface area contributed by atoms with Crippen LogP contribution in [0.3, 0.4) is 0 Å². The Morgan fingerprint density at radius 1 is 1.53 bits per heavy atom. The number of likely N-dealkylation sites (N-methyl/N-ethyl adjacent to an activating group) is 1. The van der Waals surface area contributed by atoms with Crippen LogP contribution in [0.25, 0.3) is 0 Å². The van der Waals surface area contributed by atoms with Crippen LogP contribution in [0.1, 0.15) is 26.7 Å². The highest BCUT2D eigenvalue weighted by Crippen LogP contribution is 2.44. The van der Waals surface area contributed by atoms with Crippen LogP contribution in [0.2, 0.25) is 0 Å². The molecule has 15 heavy (non-hydrogen) atoms. The third-order valence-corrected chi connectivity index (χ3v) is 4.13. The van der Waals surface area contributed by atoms with Gasteiger partial charge in [-0.15, -0.1) is 0 Å². The Morgan fingerprint density at radius 3 is 2.60 bits per heavy atom. The fraction of sp³-hybridized carbons (Fsp3) is 0.909. The lowest BCUT2D eigenvalue weighted by molar-refractivity contribution is -0.151. The summed E-state index contributed by atoms with van der Waals surface area (Å²) in [5.41, 5.74) is -0.141. The Hall–Kier alpha value is -0.610. The standard InChI is InChI=1S/C11H20N2O2/c1-11(2)8(6-9(11)14)13-5-4-7(12-3)10(13)15/h7-9,12,14H,4-6H2,1-3H3. The van der Waals surface area contributed by atoms with E-state index in [1.165, 1.54) is 0 Å². The summed E-state index contributed by atoms with van der Waals surface area (Å²) in [6.07, 6.45) is 1.36. The summed E-state index contributed by atoms with van der Waals surface area (Å²) in [4.78, 5) is 13.9. The Bertz CT molecular complexity index is 278. The van der Waals surface area contributed by atoms with Crippen molar-refractivity contribution in [1.29, 1.82) is 0 Å². The minimum atomic E-state index is -0.260. The van der Waals surface area contributed by atoms with Gasteiger partial charge < -0.3 is 15.3 Å². The number of rotatable bonds is 2. The van der Waals surface area contributed by atoms with E-state index in [-0.39, 0.29) is 29.5 Å². The Kier molecular flexibility index (Phi) is 2.51. The van der Waals surface area contributed by atoms with E-state index in [0.717, 1.165) is 19.4 Å². The number of nitrogens with zero attached hydrogens (tertiary/aromatic N) is 1. The van der Waals surface area contributed by atoms with Gasteiger partial charge in [-0.3, -0.25) is 4.79 Å². The summed E-state index contributed by atoms with van der Waals surface area (Å²) >= 11 is 0. The zero-order valence-corrected chi connectivity index (χ0v) is 9.66. The molecule has 0 spiro atoms. The van der Waals surface area contributed by atoms with Gasteiger partial charge in [0.1, 0.15) is 0 Å². The number of carbonyl (C=O) groups is 1. The van der Waals surface area contributed by atoms with E-state index in [1.54, 1.807) is 0 Å². The van der Waals surface area contributed by atoms with Gasteiger partial charge in [0, 0.05) is 18.0 Å². The van der Waals surface area contributed by atoms with Crippen LogP contribution >= 0.6 is 0 Å². The van der Waals surface area contributed by atoms with Crippen molar-refractivity contribution >= 4 is 5.91 Å². The second-order valence-electron chi connectivity index (χ2n) is 5.25. The highest BCUT2D eigenvalue weighted by atomic mass is 16.3. The molecule has 1 saturated carbocycles. The smallest absolute Gasteiger partial charge is 0.240 e. The Morgan fingerprint density at radius 2 is 2.20 bits per heavy atom. The minimum Gasteiger partial charge on any atom is -0.392 e. The van der Waals surface area contributed by atoms with Crippen LogP contribution in [-0.4, -0.2) is 47.7 Å². The molecule has 1 saturated heterocycles. The molecule has 3 unspecified atom stereocenters. The van der Waals surface area contributed by atoms with Gasteiger partial charge in [-0.05, 0) is 19.9 Å². The molecule has 1 aliphatic carbocycles. The van der Waals surface area contributed by atoms with E-state index >= 15 is 0 Å². The van der Waals surface area contributed by atoms with Crippen LogP contribution in [0, 0.1) is 5.41 Å². The maximum absolute atomic E-state index is 11.9. The average molecular weight is 212 g/mol. The number of amides is 1. The number of aliphatic hydroxyl groups is 1. The highest BCUT2D eigenvalue weighted by molar-refractivity contribution is 5.84. The average Bonchev–Trinajstić information content (AvgIpc) is 2.55. The molecule has 4 nitrogen and oxygen atoms in total. The number of nitrogens with one attached hydrogen (secondary N) is 1. The van der Waals surface area contributed by atoms with Crippen molar-refractivity contribution in [3.05, 3.63) is 0 Å². The van der Waals surface area contributed by atoms with Crippen LogP contribution < -0.4 is 5.32 Å². The summed E-state index contributed by atoms with van der Waals surface area (Å²) in [5, 5.41) is 12.7. The number of hydrogen-bond donors (Lipinski definition) is 2. The number of aliphatic hydroxyl groups excluding tert-OH is 1. The molecule has 2 aliphatic rings. The zero-order valence-electron chi connectivity index (χ0n) is 9.66. The van der Waals surface area contributed by atoms with Gasteiger partial charge in [0.2, 0.25) is 5.91 Å². The molecule has 0 aromatic rings. The Balaban J connectivity index is 2.05. The van der Waals surface area contributed by atoms with Crippen LogP contribution in [0.4, 0.5) is 0 Å². The summed E-state index contributed by atoms with van der Waals surface area (Å²) < 4.78 is 0. The molecular formula is C11H20N2O2. The van der Waals surface area contributed by atoms with Crippen molar-refractivity contribution < 1.29 is 9.90 Å². The molecule has 0 bridgehead atoms. The van der Waals surface area contributed by atoms with Crippen molar-refractivity contribution in [2.75, 3.05) is 13.6 Å². The van der Waals surface area contributed by atoms with Crippen molar-refractivity contribution in [2.24, 2.45) is 5.41 Å². The largest absolute Gasteiger partial charge is 0.392 e. The summed E-state index contributed by atoms with van der Waals surface area (Å²) in [6, 6.07) is 0.205. The second-order valence-corrected chi connectivity index (χ2v) is 5.25. The lowest BCUT2D eigenvalue weighted by Crippen LogP contribution is -2.62. The molecule has 3 atom stereocenters. The normalized spacial score (nSPS) is 39.3. The molecule has 0 aromatic heterocycles. The monoisotopic (exact) mass is 212 g/mol. The van der Waals surface area contributed by atoms with Gasteiger partial charge in [-0.1, -0.05) is 13.8 Å². The molecule has 2 fully saturated rings. The van der Waals surface area contributed by atoms with Crippen LogP contribution in [0.15, 0.2) is 0 Å². The summed E-state index contributed by atoms with van der Waals surface area (Å²) in [7, 11) is 1.83. The van der Waals surface area contributed by atoms with E-state index in [0.29, 0.717) is 0 Å². The molecule has 1 heterocycles. The minimum absolute atomic E-state index is 0.0152. The molecule has 0 radical (unpaired) electrons. The van der Waals surface area contributed by atoms with E-state index in [9.17, 15) is 9.90 Å². The van der Waals surface area contributed by atoms with E-state index in [4.69, 9.17) is 0 Å². The summed E-state index contributed by atoms with van der Waals surface area (Å²) in [6.45, 7) is 4.89. The van der Waals surface area contributed by atoms with E-state index in [1.807, 2.05) is 25.8 Å². The predicted molar refractivity (Wildman–Crippen MR) is 57.4 cm³/mol. The van der Waals surface area contributed by atoms with Crippen molar-refractivity contribution in [3.8, 4) is 0 Å². The topological polar surface area (TPSA) is 52.6 Å². The maximum atomic E-state index is 11.9. The maximum Gasteiger partial charge on any atom is 0.240 e. The molecule has 1 amide bonds. The number of hydrogen-bond acceptors (Lipinski definition) is 3. The molecule has 2 N–H and O–H groups in total. The van der Waals surface area contributed by atoms with Gasteiger partial charge in [0.05, 0.1) is 12.1 Å². The summed E-state index contributed by atoms with van der Waals surface area (Å²) in [5.74, 6) is 0.197. The van der Waals surface area contributed by atoms with Crippen molar-refractivity contribution in [3.63, 3.8) is 0 Å². The van der Waals surface area contributed by atoms with Crippen molar-refractivity contribution in [2.45, 2.75) is 44.9 Å². The van der Waals surface area contributed by atoms with Gasteiger partial charge in [-0.25, -0.2) is 0 Å². The quantitative estimate of drug-likeness (QED) is 0.675. The number of likely N-dealkylation sites (tertiary alicyclic amines) is 1. The third kappa shape index (κ3) is 1.47. The molecular weight excluding hydrogens is 192 g/mol. The van der Waals surface area contributed by atoms with E-state index in [2.05, 4.69) is 5.32 Å². The van der Waals surface area contributed by atoms with Crippen LogP contribution in [-0.2, 0) is 4.79 Å². The Labute approximate surface area is 90.6 Å². The first-order valence-electron chi connectivity index (χ1n) is 5.64. The lowest BCUT2D eigenvalue weighted by atomic mass is 9.64. The molecule has 4 heteroatoms.